The molecule has 1 atom stereocenters. The van der Waals surface area contributed by atoms with E-state index >= 15 is 0 Å². The number of amides is 2. The van der Waals surface area contributed by atoms with Crippen LogP contribution in [0.15, 0.2) is 23.5 Å². The summed E-state index contributed by atoms with van der Waals surface area (Å²) in [6, 6.07) is 1.19. The Morgan fingerprint density at radius 3 is 2.89 bits per heavy atom. The Morgan fingerprint density at radius 1 is 1.32 bits per heavy atom. The summed E-state index contributed by atoms with van der Waals surface area (Å²) in [5.74, 6) is 0.211. The second-order valence-corrected chi connectivity index (χ2v) is 4.24. The van der Waals surface area contributed by atoms with Crippen LogP contribution in [0, 0.1) is 0 Å². The molecule has 1 aromatic heterocycles. The first-order valence-electron chi connectivity index (χ1n) is 5.94. The van der Waals surface area contributed by atoms with Crippen LogP contribution in [-0.4, -0.2) is 51.8 Å². The van der Waals surface area contributed by atoms with Crippen molar-refractivity contribution in [1.29, 1.82) is 0 Å². The van der Waals surface area contributed by atoms with Gasteiger partial charge in [-0.05, 0) is 6.07 Å². The lowest BCUT2D eigenvalue weighted by Crippen LogP contribution is -2.65. The molecular formula is C11H12N6O2. The number of aromatic nitrogens is 2. The zero-order valence-corrected chi connectivity index (χ0v) is 10.0. The summed E-state index contributed by atoms with van der Waals surface area (Å²) >= 11 is 0. The highest BCUT2D eigenvalue weighted by atomic mass is 16.2. The van der Waals surface area contributed by atoms with Crippen molar-refractivity contribution in [2.75, 3.05) is 13.1 Å². The van der Waals surface area contributed by atoms with E-state index in [1.54, 1.807) is 23.4 Å². The maximum atomic E-state index is 11.8. The molecule has 2 aliphatic heterocycles. The summed E-state index contributed by atoms with van der Waals surface area (Å²) in [6.07, 6.45) is 3.27. The molecule has 8 heteroatoms. The number of nitrogens with one attached hydrogen (secondary N) is 2. The number of fused-ring (bicyclic) bond motifs is 1. The molecule has 2 aliphatic rings. The molecule has 2 saturated heterocycles. The van der Waals surface area contributed by atoms with Gasteiger partial charge >= 0.3 is 0 Å². The lowest BCUT2D eigenvalue weighted by atomic mass is 10.1. The molecule has 0 radical (unpaired) electrons. The van der Waals surface area contributed by atoms with E-state index < -0.39 is 6.04 Å². The minimum Gasteiger partial charge on any atom is -0.353 e. The molecule has 19 heavy (non-hydrogen) atoms. The predicted molar refractivity (Wildman–Crippen MR) is 65.4 cm³/mol. The molecule has 0 aliphatic carbocycles. The first-order chi connectivity index (χ1) is 9.24. The highest BCUT2D eigenvalue weighted by Gasteiger charge is 2.38. The number of piperazine rings is 1. The van der Waals surface area contributed by atoms with Crippen LogP contribution >= 0.6 is 0 Å². The van der Waals surface area contributed by atoms with Crippen molar-refractivity contribution in [2.24, 2.45) is 4.99 Å². The Kier molecular flexibility index (Phi) is 2.82. The number of carbonyl (C=O) groups excluding carboxylic acids is 2. The van der Waals surface area contributed by atoms with Crippen molar-refractivity contribution < 1.29 is 9.59 Å². The molecule has 8 nitrogen and oxygen atoms in total. The fraction of sp³-hybridized carbons (Fsp3) is 0.364. The van der Waals surface area contributed by atoms with E-state index in [1.165, 1.54) is 0 Å². The van der Waals surface area contributed by atoms with E-state index in [0.717, 1.165) is 0 Å². The van der Waals surface area contributed by atoms with Gasteiger partial charge in [0, 0.05) is 25.5 Å². The van der Waals surface area contributed by atoms with Crippen molar-refractivity contribution in [1.82, 2.24) is 25.5 Å². The van der Waals surface area contributed by atoms with E-state index in [0.29, 0.717) is 19.0 Å². The molecule has 2 N–H and O–H groups in total. The van der Waals surface area contributed by atoms with Gasteiger partial charge in [-0.3, -0.25) is 14.9 Å². The van der Waals surface area contributed by atoms with E-state index in [-0.39, 0.29) is 24.2 Å². The van der Waals surface area contributed by atoms with Gasteiger partial charge in [-0.15, -0.1) is 0 Å². The topological polar surface area (TPSA) is 99.6 Å². The first-order valence-corrected chi connectivity index (χ1v) is 5.94. The van der Waals surface area contributed by atoms with Crippen LogP contribution in [0.3, 0.4) is 0 Å². The minimum atomic E-state index is -0.495. The summed E-state index contributed by atoms with van der Waals surface area (Å²) < 4.78 is 0. The average molecular weight is 260 g/mol. The smallest absolute Gasteiger partial charge is 0.252 e. The molecule has 2 fully saturated rings. The van der Waals surface area contributed by atoms with E-state index in [2.05, 4.69) is 25.6 Å². The highest BCUT2D eigenvalue weighted by molar-refractivity contribution is 6.05. The first kappa shape index (κ1) is 11.6. The summed E-state index contributed by atoms with van der Waals surface area (Å²) in [6.45, 7) is 1.13. The Hall–Kier alpha value is -2.51. The zero-order valence-electron chi connectivity index (χ0n) is 10.0. The monoisotopic (exact) mass is 260 g/mol. The number of aliphatic imine (C=N–C) groups is 1. The number of hydrogen-bond acceptors (Lipinski definition) is 5. The number of guanidine groups is 1. The van der Waals surface area contributed by atoms with Crippen LogP contribution in [0.2, 0.25) is 0 Å². The third-order valence-electron chi connectivity index (χ3n) is 2.99. The van der Waals surface area contributed by atoms with Crippen molar-refractivity contribution in [2.45, 2.75) is 12.5 Å². The summed E-state index contributed by atoms with van der Waals surface area (Å²) in [7, 11) is 0. The molecule has 0 spiro atoms. The second-order valence-electron chi connectivity index (χ2n) is 4.24. The van der Waals surface area contributed by atoms with Crippen LogP contribution in [-0.2, 0) is 9.59 Å². The zero-order chi connectivity index (χ0) is 13.2. The Labute approximate surface area is 108 Å². The quantitative estimate of drug-likeness (QED) is 0.659. The van der Waals surface area contributed by atoms with Gasteiger partial charge in [0.05, 0.1) is 6.42 Å². The van der Waals surface area contributed by atoms with Gasteiger partial charge < -0.3 is 10.2 Å². The van der Waals surface area contributed by atoms with E-state index in [1.807, 2.05) is 0 Å². The Bertz CT molecular complexity index is 543. The van der Waals surface area contributed by atoms with Gasteiger partial charge in [-0.1, -0.05) is 0 Å². The third kappa shape index (κ3) is 2.24. The molecule has 0 bridgehead atoms. The molecule has 1 aromatic rings. The fourth-order valence-corrected chi connectivity index (χ4v) is 2.13. The fourth-order valence-electron chi connectivity index (χ4n) is 2.13. The largest absolute Gasteiger partial charge is 0.353 e. The normalized spacial score (nSPS) is 24.7. The Morgan fingerprint density at radius 2 is 2.11 bits per heavy atom. The van der Waals surface area contributed by atoms with Gasteiger partial charge in [0.2, 0.25) is 17.8 Å². The van der Waals surface area contributed by atoms with Gasteiger partial charge in [-0.2, -0.15) is 4.99 Å². The maximum absolute atomic E-state index is 11.8. The third-order valence-corrected chi connectivity index (χ3v) is 2.99. The predicted octanol–water partition coefficient (Wildman–Crippen LogP) is -1.22. The molecule has 0 aromatic carbocycles. The van der Waals surface area contributed by atoms with Gasteiger partial charge in [-0.25, -0.2) is 9.97 Å². The van der Waals surface area contributed by atoms with Crippen molar-refractivity contribution in [3.8, 4) is 0 Å². The van der Waals surface area contributed by atoms with Crippen LogP contribution in [0.4, 0.5) is 5.95 Å². The molecule has 98 valence electrons. The van der Waals surface area contributed by atoms with Gasteiger partial charge in [0.1, 0.15) is 6.04 Å². The number of rotatable bonds is 1. The lowest BCUT2D eigenvalue weighted by Gasteiger charge is -2.39. The van der Waals surface area contributed by atoms with E-state index in [4.69, 9.17) is 0 Å². The van der Waals surface area contributed by atoms with Crippen molar-refractivity contribution >= 4 is 23.7 Å². The molecule has 3 heterocycles. The molecule has 1 unspecified atom stereocenters. The molecule has 3 rings (SSSR count). The molecule has 2 amide bonds. The average Bonchev–Trinajstić information content (AvgIpc) is 2.41. The molecular weight excluding hydrogens is 248 g/mol. The Balaban J connectivity index is 1.93. The van der Waals surface area contributed by atoms with Crippen molar-refractivity contribution in [3.05, 3.63) is 18.5 Å². The van der Waals surface area contributed by atoms with Gasteiger partial charge in [0.25, 0.3) is 5.95 Å². The number of nitrogens with zero attached hydrogens (tertiary/aromatic N) is 4. The van der Waals surface area contributed by atoms with Crippen LogP contribution in [0.1, 0.15) is 6.42 Å². The number of hydrogen-bond donors (Lipinski definition) is 2. The van der Waals surface area contributed by atoms with Crippen LogP contribution in [0.25, 0.3) is 0 Å². The van der Waals surface area contributed by atoms with Crippen LogP contribution < -0.4 is 10.6 Å². The van der Waals surface area contributed by atoms with Crippen molar-refractivity contribution in [3.63, 3.8) is 0 Å². The van der Waals surface area contributed by atoms with Crippen LogP contribution in [0.5, 0.6) is 0 Å². The summed E-state index contributed by atoms with van der Waals surface area (Å²) in [4.78, 5) is 37.3. The summed E-state index contributed by atoms with van der Waals surface area (Å²) in [5, 5.41) is 5.40. The van der Waals surface area contributed by atoms with Gasteiger partial charge in [0.15, 0.2) is 0 Å². The second kappa shape index (κ2) is 4.63. The summed E-state index contributed by atoms with van der Waals surface area (Å²) in [5.41, 5.74) is 0. The van der Waals surface area contributed by atoms with E-state index in [9.17, 15) is 9.59 Å². The standard InChI is InChI=1S/C11H12N6O2/c18-8-6-7-9(19)12-4-5-17(7)11(15-8)16-10-13-2-1-3-14-10/h1-3,7H,4-6H2,(H,12,19)(H,13,14,15,16,18). The number of carbonyl (C=O) groups is 2. The SMILES string of the molecule is O=C1CC2C(=O)NCCN2C(=Nc2ncccn2)N1. The highest BCUT2D eigenvalue weighted by Crippen LogP contribution is 2.15. The lowest BCUT2D eigenvalue weighted by molar-refractivity contribution is -0.133. The maximum Gasteiger partial charge on any atom is 0.252 e. The minimum absolute atomic E-state index is 0.139. The molecule has 0 saturated carbocycles.